The largest absolute Gasteiger partial charge is 0.312 e. The van der Waals surface area contributed by atoms with Gasteiger partial charge in [0.05, 0.1) is 0 Å². The van der Waals surface area contributed by atoms with Crippen molar-refractivity contribution in [3.8, 4) is 0 Å². The lowest BCUT2D eigenvalue weighted by molar-refractivity contribution is -0.138. The third-order valence-electron chi connectivity index (χ3n) is 4.99. The molecule has 3 aliphatic heterocycles. The Balaban J connectivity index is 1.56. The third kappa shape index (κ3) is 2.88. The Hall–Kier alpha value is -0.940. The van der Waals surface area contributed by atoms with Crippen molar-refractivity contribution in [2.24, 2.45) is 0 Å². The number of imide groups is 1. The minimum absolute atomic E-state index is 0.0163. The zero-order valence-electron chi connectivity index (χ0n) is 12.1. The van der Waals surface area contributed by atoms with Gasteiger partial charge in [-0.3, -0.25) is 19.4 Å². The van der Waals surface area contributed by atoms with Crippen LogP contribution in [0.3, 0.4) is 0 Å². The fourth-order valence-corrected chi connectivity index (χ4v) is 3.89. The number of rotatable bonds is 4. The van der Waals surface area contributed by atoms with Crippen LogP contribution < -0.4 is 5.32 Å². The molecule has 3 saturated heterocycles. The molecule has 5 nitrogen and oxygen atoms in total. The molecule has 0 radical (unpaired) electrons. The second kappa shape index (κ2) is 6.22. The zero-order chi connectivity index (χ0) is 13.9. The summed E-state index contributed by atoms with van der Waals surface area (Å²) in [6, 6.07) is 1.21. The average molecular weight is 279 g/mol. The van der Waals surface area contributed by atoms with Gasteiger partial charge >= 0.3 is 0 Å². The molecule has 112 valence electrons. The van der Waals surface area contributed by atoms with Crippen LogP contribution in [0.25, 0.3) is 0 Å². The third-order valence-corrected chi connectivity index (χ3v) is 4.99. The van der Waals surface area contributed by atoms with Gasteiger partial charge in [0.1, 0.15) is 0 Å². The molecule has 3 fully saturated rings. The lowest BCUT2D eigenvalue weighted by Gasteiger charge is -2.39. The van der Waals surface area contributed by atoms with Crippen molar-refractivity contribution < 1.29 is 9.59 Å². The van der Waals surface area contributed by atoms with Crippen molar-refractivity contribution in [1.82, 2.24) is 15.1 Å². The van der Waals surface area contributed by atoms with Gasteiger partial charge in [0.25, 0.3) is 0 Å². The van der Waals surface area contributed by atoms with Gasteiger partial charge < -0.3 is 5.32 Å². The molecule has 3 rings (SSSR count). The van der Waals surface area contributed by atoms with E-state index in [2.05, 4.69) is 10.2 Å². The summed E-state index contributed by atoms with van der Waals surface area (Å²) in [7, 11) is 0. The van der Waals surface area contributed by atoms with Crippen LogP contribution >= 0.6 is 0 Å². The number of carbonyl (C=O) groups is 2. The number of nitrogens with zero attached hydrogens (tertiary/aromatic N) is 2. The van der Waals surface area contributed by atoms with E-state index in [1.165, 1.54) is 37.0 Å². The zero-order valence-corrected chi connectivity index (χ0v) is 12.1. The Kier molecular flexibility index (Phi) is 4.36. The summed E-state index contributed by atoms with van der Waals surface area (Å²) in [5.41, 5.74) is 0. The van der Waals surface area contributed by atoms with Crippen LogP contribution in [0, 0.1) is 0 Å². The van der Waals surface area contributed by atoms with Gasteiger partial charge in [-0.15, -0.1) is 0 Å². The number of amides is 2. The van der Waals surface area contributed by atoms with E-state index < -0.39 is 0 Å². The van der Waals surface area contributed by atoms with Gasteiger partial charge in [0, 0.05) is 38.0 Å². The molecule has 1 N–H and O–H groups in total. The second-order valence-corrected chi connectivity index (χ2v) is 6.24. The Morgan fingerprint density at radius 1 is 1.00 bits per heavy atom. The summed E-state index contributed by atoms with van der Waals surface area (Å²) in [4.78, 5) is 27.3. The molecule has 2 unspecified atom stereocenters. The van der Waals surface area contributed by atoms with E-state index in [9.17, 15) is 9.59 Å². The highest BCUT2D eigenvalue weighted by molar-refractivity contribution is 6.01. The van der Waals surface area contributed by atoms with Gasteiger partial charge in [-0.1, -0.05) is 6.42 Å². The molecule has 0 bridgehead atoms. The van der Waals surface area contributed by atoms with Crippen molar-refractivity contribution in [3.05, 3.63) is 0 Å². The van der Waals surface area contributed by atoms with Gasteiger partial charge in [-0.2, -0.15) is 0 Å². The summed E-state index contributed by atoms with van der Waals surface area (Å²) in [5.74, 6) is 0.0325. The second-order valence-electron chi connectivity index (χ2n) is 6.24. The van der Waals surface area contributed by atoms with Crippen LogP contribution in [0.1, 0.15) is 44.9 Å². The molecule has 20 heavy (non-hydrogen) atoms. The first-order chi connectivity index (χ1) is 9.75. The van der Waals surface area contributed by atoms with Gasteiger partial charge in [0.2, 0.25) is 11.8 Å². The molecule has 5 heteroatoms. The van der Waals surface area contributed by atoms with Crippen molar-refractivity contribution in [2.45, 2.75) is 57.0 Å². The average Bonchev–Trinajstić information content (AvgIpc) is 3.09. The van der Waals surface area contributed by atoms with Crippen molar-refractivity contribution in [2.75, 3.05) is 26.2 Å². The highest BCUT2D eigenvalue weighted by Gasteiger charge is 2.33. The number of nitrogens with one attached hydrogen (secondary N) is 1. The van der Waals surface area contributed by atoms with Crippen LogP contribution in [-0.2, 0) is 9.59 Å². The molecule has 0 aliphatic carbocycles. The topological polar surface area (TPSA) is 52.7 Å². The standard InChI is InChI=1S/C15H25N3O2/c19-14-6-7-15(20)18(14)11-10-17-9-2-1-5-13(17)12-4-3-8-16-12/h12-13,16H,1-11H2. The van der Waals surface area contributed by atoms with Crippen LogP contribution in [0.15, 0.2) is 0 Å². The first-order valence-corrected chi connectivity index (χ1v) is 8.06. The Morgan fingerprint density at radius 3 is 2.50 bits per heavy atom. The van der Waals surface area contributed by atoms with E-state index in [0.717, 1.165) is 19.6 Å². The molecule has 2 atom stereocenters. The van der Waals surface area contributed by atoms with Crippen LogP contribution in [-0.4, -0.2) is 59.9 Å². The molecule has 3 aliphatic rings. The van der Waals surface area contributed by atoms with Crippen LogP contribution in [0.2, 0.25) is 0 Å². The number of likely N-dealkylation sites (tertiary alicyclic amines) is 2. The van der Waals surface area contributed by atoms with E-state index in [4.69, 9.17) is 0 Å². The fourth-order valence-electron chi connectivity index (χ4n) is 3.89. The molecule has 0 aromatic rings. The van der Waals surface area contributed by atoms with Crippen molar-refractivity contribution >= 4 is 11.8 Å². The highest BCUT2D eigenvalue weighted by atomic mass is 16.2. The molecule has 0 aromatic heterocycles. The minimum Gasteiger partial charge on any atom is -0.312 e. The Bertz CT molecular complexity index is 363. The number of piperidine rings is 1. The van der Waals surface area contributed by atoms with Crippen LogP contribution in [0.5, 0.6) is 0 Å². The highest BCUT2D eigenvalue weighted by Crippen LogP contribution is 2.24. The van der Waals surface area contributed by atoms with E-state index in [0.29, 0.717) is 31.5 Å². The molecular weight excluding hydrogens is 254 g/mol. The van der Waals surface area contributed by atoms with Gasteiger partial charge in [-0.25, -0.2) is 0 Å². The molecule has 0 spiro atoms. The maximum atomic E-state index is 11.7. The summed E-state index contributed by atoms with van der Waals surface area (Å²) >= 11 is 0. The van der Waals surface area contributed by atoms with Crippen LogP contribution in [0.4, 0.5) is 0 Å². The van der Waals surface area contributed by atoms with Crippen molar-refractivity contribution in [1.29, 1.82) is 0 Å². The number of carbonyl (C=O) groups excluding carboxylic acids is 2. The first kappa shape index (κ1) is 14.0. The predicted molar refractivity (Wildman–Crippen MR) is 76.2 cm³/mol. The summed E-state index contributed by atoms with van der Waals surface area (Å²) in [6.07, 6.45) is 7.16. The van der Waals surface area contributed by atoms with Gasteiger partial charge in [-0.05, 0) is 38.8 Å². The molecule has 3 heterocycles. The monoisotopic (exact) mass is 279 g/mol. The normalized spacial score (nSPS) is 32.3. The number of hydrogen-bond acceptors (Lipinski definition) is 4. The molecule has 0 saturated carbocycles. The molecular formula is C15H25N3O2. The number of hydrogen-bond donors (Lipinski definition) is 1. The maximum Gasteiger partial charge on any atom is 0.229 e. The van der Waals surface area contributed by atoms with Crippen molar-refractivity contribution in [3.63, 3.8) is 0 Å². The SMILES string of the molecule is O=C1CCC(=O)N1CCN1CCCCC1C1CCCN1. The van der Waals surface area contributed by atoms with E-state index in [1.54, 1.807) is 0 Å². The molecule has 0 aromatic carbocycles. The first-order valence-electron chi connectivity index (χ1n) is 8.06. The fraction of sp³-hybridized carbons (Fsp3) is 0.867. The van der Waals surface area contributed by atoms with E-state index in [1.807, 2.05) is 0 Å². The van der Waals surface area contributed by atoms with E-state index >= 15 is 0 Å². The quantitative estimate of drug-likeness (QED) is 0.771. The van der Waals surface area contributed by atoms with E-state index in [-0.39, 0.29) is 11.8 Å². The summed E-state index contributed by atoms with van der Waals surface area (Å²) < 4.78 is 0. The Labute approximate surface area is 120 Å². The van der Waals surface area contributed by atoms with Gasteiger partial charge in [0.15, 0.2) is 0 Å². The maximum absolute atomic E-state index is 11.7. The Morgan fingerprint density at radius 2 is 1.80 bits per heavy atom. The lowest BCUT2D eigenvalue weighted by atomic mass is 9.94. The minimum atomic E-state index is 0.0163. The molecule has 2 amide bonds. The lowest BCUT2D eigenvalue weighted by Crippen LogP contribution is -2.52. The smallest absolute Gasteiger partial charge is 0.229 e. The summed E-state index contributed by atoms with van der Waals surface area (Å²) in [6.45, 7) is 3.68. The predicted octanol–water partition coefficient (Wildman–Crippen LogP) is 0.742. The summed E-state index contributed by atoms with van der Waals surface area (Å²) in [5, 5.41) is 3.61.